The molecule has 0 saturated heterocycles. The van der Waals surface area contributed by atoms with Crippen LogP contribution in [0.5, 0.6) is 0 Å². The van der Waals surface area contributed by atoms with Gasteiger partial charge >= 0.3 is 29.6 Å². The molecule has 28 heavy (non-hydrogen) atoms. The Kier molecular flexibility index (Phi) is 16.0. The van der Waals surface area contributed by atoms with E-state index in [9.17, 15) is 17.8 Å². The van der Waals surface area contributed by atoms with E-state index in [0.717, 1.165) is 38.5 Å². The van der Waals surface area contributed by atoms with E-state index in [0.29, 0.717) is 0 Å². The molecule has 1 rings (SSSR count). The van der Waals surface area contributed by atoms with Crippen LogP contribution in [0.15, 0.2) is 11.6 Å². The number of carbonyl (C=O) groups is 1. The summed E-state index contributed by atoms with van der Waals surface area (Å²) >= 11 is 0. The third-order valence-electron chi connectivity index (χ3n) is 5.47. The largest absolute Gasteiger partial charge is 1.00 e. The molecule has 0 N–H and O–H groups in total. The number of nitrogens with zero attached hydrogens (tertiary/aromatic N) is 1. The summed E-state index contributed by atoms with van der Waals surface area (Å²) in [5.41, 5.74) is 1.23. The molecule has 0 fully saturated rings. The average molecular weight is 424 g/mol. The quantitative estimate of drug-likeness (QED) is 0.219. The topological polar surface area (TPSA) is 77.5 Å². The number of hydrogen-bond donors (Lipinski definition) is 0. The molecule has 0 aromatic heterocycles. The van der Waals surface area contributed by atoms with E-state index in [-0.39, 0.29) is 47.9 Å². The second kappa shape index (κ2) is 15.9. The van der Waals surface area contributed by atoms with E-state index in [4.69, 9.17) is 0 Å². The molecular formula is C21H38NNaO4S. The minimum atomic E-state index is -4.30. The van der Waals surface area contributed by atoms with Gasteiger partial charge in [0.05, 0.1) is 21.8 Å². The normalized spacial score (nSPS) is 20.1. The predicted octanol–water partition coefficient (Wildman–Crippen LogP) is 1.64. The first-order valence-corrected chi connectivity index (χ1v) is 12.3. The van der Waals surface area contributed by atoms with Gasteiger partial charge in [-0.25, -0.2) is 8.42 Å². The summed E-state index contributed by atoms with van der Waals surface area (Å²) in [5.74, 6) is -0.700. The van der Waals surface area contributed by atoms with Crippen molar-refractivity contribution < 1.29 is 47.3 Å². The number of allylic oxidation sites excluding steroid dienone is 1. The Balaban J connectivity index is 0.00000729. The smallest absolute Gasteiger partial charge is 0.748 e. The molecule has 1 aliphatic rings. The van der Waals surface area contributed by atoms with Crippen LogP contribution < -0.4 is 29.6 Å². The Morgan fingerprint density at radius 1 is 1.11 bits per heavy atom. The van der Waals surface area contributed by atoms with Gasteiger partial charge in [0.15, 0.2) is 0 Å². The van der Waals surface area contributed by atoms with E-state index in [1.54, 1.807) is 7.05 Å². The summed E-state index contributed by atoms with van der Waals surface area (Å²) in [7, 11) is -2.69. The monoisotopic (exact) mass is 423 g/mol. The van der Waals surface area contributed by atoms with Crippen LogP contribution in [0, 0.1) is 5.92 Å². The molecule has 5 nitrogen and oxygen atoms in total. The molecule has 0 aromatic carbocycles. The van der Waals surface area contributed by atoms with Gasteiger partial charge in [-0.1, -0.05) is 69.9 Å². The van der Waals surface area contributed by atoms with Crippen molar-refractivity contribution in [1.29, 1.82) is 0 Å². The minimum absolute atomic E-state index is 0. The van der Waals surface area contributed by atoms with Crippen LogP contribution in [0.2, 0.25) is 0 Å². The SMILES string of the molecule is CCCCCCCC/C1=C/CCCCCCC1C(=O)N(C)CCS(=O)(=O)[O-].[Na+]. The molecule has 0 aliphatic heterocycles. The van der Waals surface area contributed by atoms with Gasteiger partial charge in [-0.15, -0.1) is 0 Å². The van der Waals surface area contributed by atoms with E-state index in [2.05, 4.69) is 13.0 Å². The van der Waals surface area contributed by atoms with Gasteiger partial charge in [0.2, 0.25) is 5.91 Å². The number of amides is 1. The molecule has 1 atom stereocenters. The molecule has 0 radical (unpaired) electrons. The Bertz CT molecular complexity index is 563. The molecule has 0 heterocycles. The van der Waals surface area contributed by atoms with Crippen molar-refractivity contribution in [3.8, 4) is 0 Å². The van der Waals surface area contributed by atoms with Gasteiger partial charge in [0.25, 0.3) is 0 Å². The molecule has 158 valence electrons. The van der Waals surface area contributed by atoms with Gasteiger partial charge in [-0.2, -0.15) is 0 Å². The van der Waals surface area contributed by atoms with Crippen LogP contribution in [-0.2, 0) is 14.9 Å². The average Bonchev–Trinajstić information content (AvgIpc) is 2.73. The summed E-state index contributed by atoms with van der Waals surface area (Å²) in [4.78, 5) is 14.4. The van der Waals surface area contributed by atoms with Crippen LogP contribution in [0.4, 0.5) is 0 Å². The molecule has 0 spiro atoms. The molecule has 0 aromatic rings. The number of carbonyl (C=O) groups excluding carboxylic acids is 1. The standard InChI is InChI=1S/C21H39NO4S.Na/c1-3-4-5-6-8-11-14-19-15-12-9-7-10-13-16-20(19)21(23)22(2)17-18-27(24,25)26;/h15,20H,3-14,16-18H2,1-2H3,(H,24,25,26);/q;+1/p-1/b19-15-;. The van der Waals surface area contributed by atoms with Crippen molar-refractivity contribution in [2.75, 3.05) is 19.3 Å². The summed E-state index contributed by atoms with van der Waals surface area (Å²) in [5, 5.41) is 0. The van der Waals surface area contributed by atoms with Crippen molar-refractivity contribution in [2.45, 2.75) is 90.4 Å². The summed E-state index contributed by atoms with van der Waals surface area (Å²) in [6, 6.07) is 0. The van der Waals surface area contributed by atoms with Crippen molar-refractivity contribution in [2.24, 2.45) is 5.92 Å². The summed E-state index contributed by atoms with van der Waals surface area (Å²) in [6.07, 6.45) is 17.0. The van der Waals surface area contributed by atoms with Crippen molar-refractivity contribution in [1.82, 2.24) is 4.90 Å². The third kappa shape index (κ3) is 12.6. The Hall–Kier alpha value is 0.120. The molecule has 1 aliphatic carbocycles. The molecular weight excluding hydrogens is 385 g/mol. The molecule has 1 amide bonds. The number of unbranched alkanes of at least 4 members (excludes halogenated alkanes) is 5. The van der Waals surface area contributed by atoms with Gasteiger partial charge in [-0.05, 0) is 32.1 Å². The maximum atomic E-state index is 13.0. The molecule has 7 heteroatoms. The molecule has 1 unspecified atom stereocenters. The maximum absolute atomic E-state index is 13.0. The van der Waals surface area contributed by atoms with Crippen LogP contribution in [0.3, 0.4) is 0 Å². The third-order valence-corrected chi connectivity index (χ3v) is 6.15. The number of hydrogen-bond acceptors (Lipinski definition) is 4. The second-order valence-corrected chi connectivity index (χ2v) is 9.39. The first-order valence-electron chi connectivity index (χ1n) is 10.7. The van der Waals surface area contributed by atoms with Crippen LogP contribution in [0.25, 0.3) is 0 Å². The number of rotatable bonds is 11. The fourth-order valence-electron chi connectivity index (χ4n) is 3.75. The zero-order chi connectivity index (χ0) is 20.1. The van der Waals surface area contributed by atoms with E-state index >= 15 is 0 Å². The summed E-state index contributed by atoms with van der Waals surface area (Å²) < 4.78 is 32.7. The van der Waals surface area contributed by atoms with E-state index in [1.807, 2.05) is 0 Å². The zero-order valence-electron chi connectivity index (χ0n) is 18.2. The Morgan fingerprint density at radius 3 is 2.43 bits per heavy atom. The second-order valence-electron chi connectivity index (χ2n) is 7.86. The van der Waals surface area contributed by atoms with Gasteiger partial charge in [0, 0.05) is 13.6 Å². The van der Waals surface area contributed by atoms with Crippen LogP contribution >= 0.6 is 0 Å². The van der Waals surface area contributed by atoms with Gasteiger partial charge in [-0.3, -0.25) is 4.79 Å². The predicted molar refractivity (Wildman–Crippen MR) is 109 cm³/mol. The first kappa shape index (κ1) is 28.1. The Labute approximate surface area is 194 Å². The fourth-order valence-corrected chi connectivity index (χ4v) is 4.25. The molecule has 0 bridgehead atoms. The van der Waals surface area contributed by atoms with Gasteiger partial charge in [0.1, 0.15) is 0 Å². The maximum Gasteiger partial charge on any atom is 1.00 e. The molecule has 0 saturated carbocycles. The fraction of sp³-hybridized carbons (Fsp3) is 0.857. The minimum Gasteiger partial charge on any atom is -0.748 e. The summed E-state index contributed by atoms with van der Waals surface area (Å²) in [6.45, 7) is 2.19. The van der Waals surface area contributed by atoms with Gasteiger partial charge < -0.3 is 9.45 Å². The van der Waals surface area contributed by atoms with Crippen molar-refractivity contribution >= 4 is 16.0 Å². The Morgan fingerprint density at radius 2 is 1.75 bits per heavy atom. The van der Waals surface area contributed by atoms with E-state index < -0.39 is 15.9 Å². The van der Waals surface area contributed by atoms with Crippen molar-refractivity contribution in [3.63, 3.8) is 0 Å². The first-order chi connectivity index (χ1) is 12.8. The van der Waals surface area contributed by atoms with E-state index in [1.165, 1.54) is 55.4 Å². The van der Waals surface area contributed by atoms with Crippen LogP contribution in [0.1, 0.15) is 90.4 Å². The van der Waals surface area contributed by atoms with Crippen molar-refractivity contribution in [3.05, 3.63) is 11.6 Å². The zero-order valence-corrected chi connectivity index (χ0v) is 21.1. The van der Waals surface area contributed by atoms with Crippen LogP contribution in [-0.4, -0.2) is 43.1 Å².